The number of rotatable bonds is 5. The van der Waals surface area contributed by atoms with Crippen molar-refractivity contribution in [2.24, 2.45) is 12.8 Å². The van der Waals surface area contributed by atoms with Gasteiger partial charge in [-0.2, -0.15) is 5.10 Å². The zero-order valence-corrected chi connectivity index (χ0v) is 13.1. The van der Waals surface area contributed by atoms with Crippen molar-refractivity contribution >= 4 is 33.1 Å². The summed E-state index contributed by atoms with van der Waals surface area (Å²) in [7, 11) is 3.97. The van der Waals surface area contributed by atoms with E-state index in [9.17, 15) is 0 Å². The van der Waals surface area contributed by atoms with Gasteiger partial charge in [0.05, 0.1) is 26.9 Å². The van der Waals surface area contributed by atoms with Crippen molar-refractivity contribution in [1.82, 2.24) is 14.7 Å². The number of aromatic nitrogens is 2. The SMILES string of the molecule is CCc1nn(C)c(CN(C)C(C)C(N)=S)c1Br. The van der Waals surface area contributed by atoms with Crippen LogP contribution in [-0.2, 0) is 20.0 Å². The van der Waals surface area contributed by atoms with Gasteiger partial charge in [-0.3, -0.25) is 9.58 Å². The molecular weight excluding hydrogens is 300 g/mol. The van der Waals surface area contributed by atoms with E-state index in [-0.39, 0.29) is 6.04 Å². The molecule has 0 amide bonds. The first-order chi connectivity index (χ1) is 7.88. The van der Waals surface area contributed by atoms with Crippen molar-refractivity contribution in [3.05, 3.63) is 15.9 Å². The lowest BCUT2D eigenvalue weighted by molar-refractivity contribution is 0.295. The molecule has 0 aliphatic rings. The van der Waals surface area contributed by atoms with Crippen molar-refractivity contribution in [1.29, 1.82) is 0 Å². The van der Waals surface area contributed by atoms with E-state index in [2.05, 4.69) is 32.9 Å². The molecular formula is C11H19BrN4S. The highest BCUT2D eigenvalue weighted by Crippen LogP contribution is 2.23. The molecule has 1 aromatic rings. The number of hydrogen-bond acceptors (Lipinski definition) is 3. The maximum atomic E-state index is 5.65. The van der Waals surface area contributed by atoms with E-state index in [1.54, 1.807) is 0 Å². The van der Waals surface area contributed by atoms with Gasteiger partial charge in [-0.15, -0.1) is 0 Å². The molecule has 6 heteroatoms. The summed E-state index contributed by atoms with van der Waals surface area (Å²) in [5, 5.41) is 4.46. The zero-order valence-electron chi connectivity index (χ0n) is 10.7. The average molecular weight is 319 g/mol. The molecule has 0 aromatic carbocycles. The highest BCUT2D eigenvalue weighted by atomic mass is 79.9. The Bertz CT molecular complexity index is 416. The molecule has 1 aromatic heterocycles. The summed E-state index contributed by atoms with van der Waals surface area (Å²) < 4.78 is 3.00. The number of thiocarbonyl (C=S) groups is 1. The molecule has 96 valence electrons. The van der Waals surface area contributed by atoms with Crippen LogP contribution in [0.5, 0.6) is 0 Å². The molecule has 0 radical (unpaired) electrons. The smallest absolute Gasteiger partial charge is 0.0899 e. The van der Waals surface area contributed by atoms with Crippen molar-refractivity contribution in [2.75, 3.05) is 7.05 Å². The average Bonchev–Trinajstić information content (AvgIpc) is 2.55. The van der Waals surface area contributed by atoms with Crippen LogP contribution in [0.3, 0.4) is 0 Å². The molecule has 1 unspecified atom stereocenters. The maximum Gasteiger partial charge on any atom is 0.0899 e. The lowest BCUT2D eigenvalue weighted by atomic mass is 10.2. The second kappa shape index (κ2) is 5.93. The Morgan fingerprint density at radius 2 is 2.24 bits per heavy atom. The van der Waals surface area contributed by atoms with Crippen LogP contribution in [0.1, 0.15) is 25.2 Å². The van der Waals surface area contributed by atoms with Gasteiger partial charge in [0, 0.05) is 13.6 Å². The van der Waals surface area contributed by atoms with Crippen LogP contribution in [0.15, 0.2) is 4.47 Å². The minimum Gasteiger partial charge on any atom is -0.392 e. The van der Waals surface area contributed by atoms with Gasteiger partial charge in [-0.25, -0.2) is 0 Å². The Kier molecular flexibility index (Phi) is 5.09. The van der Waals surface area contributed by atoms with Crippen LogP contribution >= 0.6 is 28.1 Å². The first kappa shape index (κ1) is 14.6. The van der Waals surface area contributed by atoms with Crippen LogP contribution in [-0.4, -0.2) is 32.8 Å². The molecule has 1 rings (SSSR count). The molecule has 2 N–H and O–H groups in total. The lowest BCUT2D eigenvalue weighted by Crippen LogP contribution is -2.39. The summed E-state index contributed by atoms with van der Waals surface area (Å²) in [6.07, 6.45) is 0.920. The zero-order chi connectivity index (χ0) is 13.2. The van der Waals surface area contributed by atoms with Gasteiger partial charge in [0.2, 0.25) is 0 Å². The normalized spacial score (nSPS) is 13.1. The number of halogens is 1. The number of aryl methyl sites for hydroxylation is 2. The minimum atomic E-state index is 0.0804. The predicted octanol–water partition coefficient (Wildman–Crippen LogP) is 1.85. The Morgan fingerprint density at radius 3 is 2.65 bits per heavy atom. The molecule has 0 aliphatic heterocycles. The molecule has 0 saturated carbocycles. The Balaban J connectivity index is 2.88. The lowest BCUT2D eigenvalue weighted by Gasteiger charge is -2.23. The van der Waals surface area contributed by atoms with Gasteiger partial charge in [-0.05, 0) is 36.3 Å². The molecule has 0 saturated heterocycles. The summed E-state index contributed by atoms with van der Waals surface area (Å²) in [6.45, 7) is 4.87. The maximum absolute atomic E-state index is 5.65. The molecule has 0 aliphatic carbocycles. The second-order valence-corrected chi connectivity index (χ2v) is 5.44. The van der Waals surface area contributed by atoms with Crippen LogP contribution < -0.4 is 5.73 Å². The molecule has 0 bridgehead atoms. The van der Waals surface area contributed by atoms with Crippen LogP contribution in [0.4, 0.5) is 0 Å². The summed E-state index contributed by atoms with van der Waals surface area (Å²) in [4.78, 5) is 2.63. The number of hydrogen-bond donors (Lipinski definition) is 1. The van der Waals surface area contributed by atoms with E-state index in [4.69, 9.17) is 18.0 Å². The molecule has 4 nitrogen and oxygen atoms in total. The third kappa shape index (κ3) is 3.26. The fourth-order valence-corrected chi connectivity index (χ4v) is 2.50. The topological polar surface area (TPSA) is 47.1 Å². The fourth-order valence-electron chi connectivity index (χ4n) is 1.58. The summed E-state index contributed by atoms with van der Waals surface area (Å²) in [6, 6.07) is 0.0804. The minimum absolute atomic E-state index is 0.0804. The van der Waals surface area contributed by atoms with Crippen molar-refractivity contribution < 1.29 is 0 Å². The van der Waals surface area contributed by atoms with E-state index < -0.39 is 0 Å². The summed E-state index contributed by atoms with van der Waals surface area (Å²) in [5.41, 5.74) is 7.88. The van der Waals surface area contributed by atoms with Crippen LogP contribution in [0, 0.1) is 0 Å². The van der Waals surface area contributed by atoms with E-state index in [0.717, 1.165) is 28.8 Å². The van der Waals surface area contributed by atoms with Crippen LogP contribution in [0.2, 0.25) is 0 Å². The monoisotopic (exact) mass is 318 g/mol. The van der Waals surface area contributed by atoms with Crippen molar-refractivity contribution in [3.63, 3.8) is 0 Å². The van der Waals surface area contributed by atoms with Crippen LogP contribution in [0.25, 0.3) is 0 Å². The third-order valence-corrected chi connectivity index (χ3v) is 4.23. The molecule has 1 atom stereocenters. The first-order valence-electron chi connectivity index (χ1n) is 5.58. The standard InChI is InChI=1S/C11H19BrN4S/c1-5-8-10(12)9(16(4)14-8)6-15(3)7(2)11(13)17/h7H,5-6H2,1-4H3,(H2,13,17). The summed E-state index contributed by atoms with van der Waals surface area (Å²) >= 11 is 8.61. The largest absolute Gasteiger partial charge is 0.392 e. The van der Waals surface area contributed by atoms with Crippen molar-refractivity contribution in [3.8, 4) is 0 Å². The van der Waals surface area contributed by atoms with E-state index in [1.165, 1.54) is 0 Å². The predicted molar refractivity (Wildman–Crippen MR) is 78.0 cm³/mol. The van der Waals surface area contributed by atoms with E-state index >= 15 is 0 Å². The van der Waals surface area contributed by atoms with Gasteiger partial charge < -0.3 is 5.73 Å². The first-order valence-corrected chi connectivity index (χ1v) is 6.78. The Hall–Kier alpha value is -0.460. The molecule has 1 heterocycles. The molecule has 17 heavy (non-hydrogen) atoms. The van der Waals surface area contributed by atoms with E-state index in [0.29, 0.717) is 4.99 Å². The number of nitrogens with two attached hydrogens (primary N) is 1. The number of likely N-dealkylation sites (N-methyl/N-ethyl adjacent to an activating group) is 1. The van der Waals surface area contributed by atoms with E-state index in [1.807, 2.05) is 25.7 Å². The van der Waals surface area contributed by atoms with Gasteiger partial charge in [0.1, 0.15) is 0 Å². The quantitative estimate of drug-likeness (QED) is 0.842. The van der Waals surface area contributed by atoms with Gasteiger partial charge in [0.25, 0.3) is 0 Å². The Morgan fingerprint density at radius 1 is 1.65 bits per heavy atom. The second-order valence-electron chi connectivity index (χ2n) is 4.18. The number of nitrogens with zero attached hydrogens (tertiary/aromatic N) is 3. The van der Waals surface area contributed by atoms with Crippen molar-refractivity contribution in [2.45, 2.75) is 32.9 Å². The van der Waals surface area contributed by atoms with Gasteiger partial charge in [0.15, 0.2) is 0 Å². The third-order valence-electron chi connectivity index (χ3n) is 2.98. The highest BCUT2D eigenvalue weighted by Gasteiger charge is 2.18. The van der Waals surface area contributed by atoms with Gasteiger partial charge >= 0.3 is 0 Å². The molecule has 0 spiro atoms. The highest BCUT2D eigenvalue weighted by molar-refractivity contribution is 9.10. The molecule has 0 fully saturated rings. The van der Waals surface area contributed by atoms with Gasteiger partial charge in [-0.1, -0.05) is 19.1 Å². The fraction of sp³-hybridized carbons (Fsp3) is 0.636. The summed E-state index contributed by atoms with van der Waals surface area (Å²) in [5.74, 6) is 0. The Labute approximate surface area is 116 Å².